The van der Waals surface area contributed by atoms with E-state index in [-0.39, 0.29) is 31.9 Å². The summed E-state index contributed by atoms with van der Waals surface area (Å²) in [6.07, 6.45) is 2.66. The molecule has 0 aliphatic rings. The second kappa shape index (κ2) is 23.4. The standard InChI is InChI=1S/C32H26NS.C22H20NS.C14H16GeN.Ir/c1-20(2)15-22-13-14-33-30(18-22)29-17-21(3)16-28-27-19-24(11-12-31(27)34-32(28)29)26-10-6-8-23-7-4-5-9-25(23)26;1-14(2)10-16-8-9-23-20(13-16)19-12-15(3)11-18-17-6-4-5-7-21(17)24-22(18)19;1-15(2,3)13-9-10-14(16-11-13)12-7-5-4-6-8-12;/h4-14,16,18-20H,15H2,1-3H3;4-9,11,13-14H,10H2,1-3H3;4-7,9-11H,1-3H3;/q3*-1;+3/i15D2;10D2;;. The minimum atomic E-state index is -1.72. The fraction of sp³-hybridized carbons (Fsp3) is 0.191. The van der Waals surface area contributed by atoms with Gasteiger partial charge in [0, 0.05) is 27.3 Å². The Bertz CT molecular complexity index is 4120. The average Bonchev–Trinajstić information content (AvgIpc) is 4.22. The van der Waals surface area contributed by atoms with Crippen LogP contribution < -0.4 is 4.40 Å². The summed E-state index contributed by atoms with van der Waals surface area (Å²) in [6, 6.07) is 64.4. The molecule has 5 heterocycles. The van der Waals surface area contributed by atoms with Gasteiger partial charge in [-0.3, -0.25) is 0 Å². The van der Waals surface area contributed by atoms with Crippen molar-refractivity contribution in [2.24, 2.45) is 11.8 Å². The summed E-state index contributed by atoms with van der Waals surface area (Å²) >= 11 is 1.78. The Morgan fingerprint density at radius 3 is 1.69 bits per heavy atom. The molecule has 0 saturated carbocycles. The third kappa shape index (κ3) is 12.3. The first-order valence-corrected chi connectivity index (χ1v) is 34.3. The fourth-order valence-corrected chi connectivity index (χ4v) is 13.9. The van der Waals surface area contributed by atoms with Crippen LogP contribution in [0.5, 0.6) is 0 Å². The van der Waals surface area contributed by atoms with E-state index >= 15 is 0 Å². The normalized spacial score (nSPS) is 12.7. The van der Waals surface area contributed by atoms with Gasteiger partial charge in [-0.1, -0.05) is 142 Å². The molecule has 0 amide bonds. The molecule has 0 N–H and O–H groups in total. The number of pyridine rings is 3. The maximum absolute atomic E-state index is 8.57. The number of nitrogens with zero attached hydrogens (tertiary/aromatic N) is 3. The van der Waals surface area contributed by atoms with Gasteiger partial charge in [0.25, 0.3) is 0 Å². The second-order valence-electron chi connectivity index (χ2n) is 20.5. The zero-order chi connectivity index (χ0) is 55.1. The minimum absolute atomic E-state index is 0. The SMILES string of the molecule is [2H]C([2H])(c1ccnc(-c2[c-]c(C)cc3c2sc2ccc(-c4cccc5ccccc45)cc23)c1)C(C)C.[2H]C([2H])(c1ccnc(-c2[c-]c(C)cc3c2sc2ccccc23)c1)C(C)C.[CH3][Ge]([CH3])([CH3])[c]1ccc(-c2[c-]cccc2)nc1.[Ir+3]. The molecule has 0 aliphatic carbocycles. The Hall–Kier alpha value is -6.12. The molecule has 0 aliphatic heterocycles. The van der Waals surface area contributed by atoms with Crippen LogP contribution in [0.4, 0.5) is 0 Å². The Kier molecular flexibility index (Phi) is 15.1. The van der Waals surface area contributed by atoms with Gasteiger partial charge in [-0.25, -0.2) is 0 Å². The Balaban J connectivity index is 0.000000154. The van der Waals surface area contributed by atoms with Crippen LogP contribution in [0.2, 0.25) is 17.3 Å². The van der Waals surface area contributed by atoms with Crippen molar-refractivity contribution in [1.82, 2.24) is 15.0 Å². The maximum Gasteiger partial charge on any atom is 3.00 e. The van der Waals surface area contributed by atoms with Gasteiger partial charge >= 0.3 is 120 Å². The number of aromatic nitrogens is 3. The monoisotopic (exact) mass is 1260 g/mol. The van der Waals surface area contributed by atoms with E-state index in [1.165, 1.54) is 57.2 Å². The molecule has 0 saturated heterocycles. The van der Waals surface area contributed by atoms with Crippen molar-refractivity contribution in [3.63, 3.8) is 0 Å². The first-order chi connectivity index (χ1) is 37.3. The Labute approximate surface area is 473 Å². The average molecular weight is 1250 g/mol. The van der Waals surface area contributed by atoms with Crippen LogP contribution in [0.3, 0.4) is 0 Å². The van der Waals surface area contributed by atoms with Crippen molar-refractivity contribution in [3.8, 4) is 44.9 Å². The molecule has 7 heteroatoms. The number of hydrogen-bond donors (Lipinski definition) is 0. The molecule has 3 nitrogen and oxygen atoms in total. The van der Waals surface area contributed by atoms with Gasteiger partial charge in [-0.2, -0.15) is 22.7 Å². The third-order valence-corrected chi connectivity index (χ3v) is 19.5. The molecule has 374 valence electrons. The Morgan fingerprint density at radius 2 is 1.11 bits per heavy atom. The summed E-state index contributed by atoms with van der Waals surface area (Å²) in [7, 11) is 0. The molecule has 5 aromatic heterocycles. The van der Waals surface area contributed by atoms with Gasteiger partial charge in [0.15, 0.2) is 0 Å². The minimum Gasteiger partial charge on any atom is 3.00 e. The molecule has 75 heavy (non-hydrogen) atoms. The van der Waals surface area contributed by atoms with Gasteiger partial charge in [-0.15, -0.1) is 46.5 Å². The van der Waals surface area contributed by atoms with Gasteiger partial charge in [0.2, 0.25) is 0 Å². The van der Waals surface area contributed by atoms with Crippen molar-refractivity contribution in [2.45, 2.75) is 71.6 Å². The summed E-state index contributed by atoms with van der Waals surface area (Å²) < 4.78 is 40.2. The van der Waals surface area contributed by atoms with Crippen LogP contribution in [0.15, 0.2) is 176 Å². The largest absolute Gasteiger partial charge is 3.00 e. The van der Waals surface area contributed by atoms with Crippen LogP contribution >= 0.6 is 22.7 Å². The number of aryl methyl sites for hydroxylation is 2. The van der Waals surface area contributed by atoms with E-state index in [4.69, 9.17) is 5.48 Å². The van der Waals surface area contributed by atoms with Crippen LogP contribution in [-0.4, -0.2) is 28.2 Å². The zero-order valence-electron chi connectivity index (χ0n) is 47.9. The molecule has 0 spiro atoms. The summed E-state index contributed by atoms with van der Waals surface area (Å²) in [6.45, 7) is 11.8. The molecule has 7 aromatic carbocycles. The molecular weight excluding hydrogens is 1190 g/mol. The van der Waals surface area contributed by atoms with Crippen LogP contribution in [0.25, 0.3) is 96.0 Å². The molecule has 0 unspecified atom stereocenters. The fourth-order valence-electron chi connectivity index (χ4n) is 9.39. The van der Waals surface area contributed by atoms with Crippen LogP contribution in [-0.2, 0) is 32.9 Å². The third-order valence-electron chi connectivity index (χ3n) is 12.8. The van der Waals surface area contributed by atoms with E-state index in [0.717, 1.165) is 54.3 Å². The molecule has 0 fully saturated rings. The van der Waals surface area contributed by atoms with E-state index in [1.807, 2.05) is 77.2 Å². The molecule has 0 radical (unpaired) electrons. The summed E-state index contributed by atoms with van der Waals surface area (Å²) in [5.74, 6) is 6.90. The van der Waals surface area contributed by atoms with Crippen molar-refractivity contribution >= 4 is 91.5 Å². The van der Waals surface area contributed by atoms with Gasteiger partial charge in [-0.05, 0) is 108 Å². The number of rotatable bonds is 9. The van der Waals surface area contributed by atoms with E-state index in [9.17, 15) is 0 Å². The predicted octanol–water partition coefficient (Wildman–Crippen LogP) is 18.8. The van der Waals surface area contributed by atoms with Crippen LogP contribution in [0.1, 0.15) is 55.4 Å². The van der Waals surface area contributed by atoms with Gasteiger partial charge in [0.05, 0.1) is 0 Å². The molecule has 12 aromatic rings. The van der Waals surface area contributed by atoms with E-state index in [0.29, 0.717) is 11.1 Å². The summed E-state index contributed by atoms with van der Waals surface area (Å²) in [5, 5.41) is 7.39. The first kappa shape index (κ1) is 48.5. The van der Waals surface area contributed by atoms with E-state index < -0.39 is 26.0 Å². The summed E-state index contributed by atoms with van der Waals surface area (Å²) in [4.78, 5) is 13.7. The van der Waals surface area contributed by atoms with Gasteiger partial charge < -0.3 is 9.97 Å². The number of hydrogen-bond acceptors (Lipinski definition) is 5. The topological polar surface area (TPSA) is 38.7 Å². The van der Waals surface area contributed by atoms with Crippen molar-refractivity contribution < 1.29 is 25.6 Å². The molecule has 12 rings (SSSR count). The number of benzene rings is 7. The second-order valence-corrected chi connectivity index (χ2v) is 33.3. The zero-order valence-corrected chi connectivity index (χ0v) is 50.0. The predicted molar refractivity (Wildman–Crippen MR) is 324 cm³/mol. The van der Waals surface area contributed by atoms with E-state index in [1.54, 1.807) is 47.2 Å². The van der Waals surface area contributed by atoms with E-state index in [2.05, 4.69) is 167 Å². The van der Waals surface area contributed by atoms with Crippen molar-refractivity contribution in [2.75, 3.05) is 0 Å². The molecule has 0 atom stereocenters. The number of thiophene rings is 2. The summed E-state index contributed by atoms with van der Waals surface area (Å²) in [5.41, 5.74) is 11.4. The first-order valence-electron chi connectivity index (χ1n) is 27.4. The quantitative estimate of drug-likeness (QED) is 0.107. The van der Waals surface area contributed by atoms with Crippen molar-refractivity contribution in [3.05, 3.63) is 217 Å². The van der Waals surface area contributed by atoms with Crippen molar-refractivity contribution in [1.29, 1.82) is 0 Å². The van der Waals surface area contributed by atoms with Crippen LogP contribution in [0, 0.1) is 43.9 Å². The maximum atomic E-state index is 8.57. The van der Waals surface area contributed by atoms with Gasteiger partial charge in [0.1, 0.15) is 0 Å². The smallest absolute Gasteiger partial charge is 3.00 e. The molecular formula is C68H62GeIrN3S2. The molecule has 0 bridgehead atoms. The number of fused-ring (bicyclic) bond motifs is 7. The Morgan fingerprint density at radius 1 is 0.533 bits per heavy atom.